The summed E-state index contributed by atoms with van der Waals surface area (Å²) in [7, 11) is 0. The van der Waals surface area contributed by atoms with Crippen LogP contribution in [0.25, 0.3) is 66.9 Å². The predicted molar refractivity (Wildman–Crippen MR) is 349 cm³/mol. The first-order valence-electron chi connectivity index (χ1n) is 29.2. The van der Waals surface area contributed by atoms with Gasteiger partial charge in [0, 0.05) is 17.4 Å². The molecule has 1 aliphatic rings. The van der Waals surface area contributed by atoms with E-state index in [9.17, 15) is 0 Å². The number of anilines is 6. The molecule has 6 nitrogen and oxygen atoms in total. The normalized spacial score (nSPS) is 12.6. The van der Waals surface area contributed by atoms with Crippen molar-refractivity contribution in [2.75, 3.05) is 9.80 Å². The minimum absolute atomic E-state index is 0.0106. The van der Waals surface area contributed by atoms with E-state index < -0.39 is 0 Å². The van der Waals surface area contributed by atoms with Crippen LogP contribution in [0.4, 0.5) is 34.3 Å². The van der Waals surface area contributed by atoms with Crippen LogP contribution in [0.3, 0.4) is 0 Å². The Morgan fingerprint density at radius 1 is 0.388 bits per heavy atom. The van der Waals surface area contributed by atoms with Crippen LogP contribution in [0.1, 0.15) is 79.0 Å². The molecule has 2 aromatic heterocycles. The molecule has 0 N–H and O–H groups in total. The Morgan fingerprint density at radius 2 is 0.882 bits per heavy atom. The molecule has 422 valence electrons. The van der Waals surface area contributed by atoms with Crippen LogP contribution in [0, 0.1) is 15.9 Å². The number of hydrogen-bond acceptors (Lipinski definition) is 4. The fraction of sp³-hybridized carbons (Fsp3) is 0.154. The van der Waals surface area contributed by atoms with Crippen LogP contribution >= 0.6 is 0 Å². The summed E-state index contributed by atoms with van der Waals surface area (Å²) < 4.78 is 13.0. The van der Waals surface area contributed by atoms with Gasteiger partial charge in [0.1, 0.15) is 0 Å². The Bertz CT molecular complexity index is 4480. The van der Waals surface area contributed by atoms with Gasteiger partial charge in [-0.25, -0.2) is 0 Å². The quantitative estimate of drug-likeness (QED) is 0.142. The van der Waals surface area contributed by atoms with Crippen molar-refractivity contribution in [1.29, 1.82) is 0 Å². The second-order valence-corrected chi connectivity index (χ2v) is 26.1. The van der Waals surface area contributed by atoms with E-state index in [4.69, 9.17) is 9.72 Å². The van der Waals surface area contributed by atoms with E-state index in [1.165, 1.54) is 11.1 Å². The molecule has 0 spiro atoms. The summed E-state index contributed by atoms with van der Waals surface area (Å²) in [5, 5.41) is 0. The number of ether oxygens (including phenoxy) is 1. The Kier molecular flexibility index (Phi) is 14.2. The van der Waals surface area contributed by atoms with Crippen LogP contribution in [0.5, 0.6) is 11.5 Å². The van der Waals surface area contributed by atoms with Gasteiger partial charge < -0.3 is 4.90 Å². The molecule has 0 fully saturated rings. The minimum Gasteiger partial charge on any atom is -0.0615 e. The number of imidazole rings is 1. The summed E-state index contributed by atoms with van der Waals surface area (Å²) in [5.74, 6) is 1.89. The van der Waals surface area contributed by atoms with E-state index >= 15 is 0 Å². The smallest absolute Gasteiger partial charge is 0.0615 e. The average Bonchev–Trinajstić information content (AvgIpc) is 1.92. The molecule has 0 atom stereocenters. The summed E-state index contributed by atoms with van der Waals surface area (Å²) in [6, 6.07) is 92.9. The summed E-state index contributed by atoms with van der Waals surface area (Å²) in [4.78, 5) is 9.96. The third-order valence-electron chi connectivity index (χ3n) is 16.3. The zero-order valence-corrected chi connectivity index (χ0v) is 51.8. The molecule has 0 bridgehead atoms. The summed E-state index contributed by atoms with van der Waals surface area (Å²) in [6.07, 6.45) is 1.94. The summed E-state index contributed by atoms with van der Waals surface area (Å²) >= 11 is 2.52. The first-order valence-corrected chi connectivity index (χ1v) is 30.3. The molecule has 1 aliphatic heterocycles. The van der Waals surface area contributed by atoms with Gasteiger partial charge in [-0.15, -0.1) is 0 Å². The molecule has 3 heterocycles. The third kappa shape index (κ3) is 10.4. The van der Waals surface area contributed by atoms with E-state index in [0.29, 0.717) is 11.5 Å². The van der Waals surface area contributed by atoms with E-state index in [2.05, 4.69) is 349 Å². The van der Waals surface area contributed by atoms with Crippen molar-refractivity contribution < 1.29 is 24.1 Å². The van der Waals surface area contributed by atoms with Gasteiger partial charge in [-0.05, 0) is 52.3 Å². The summed E-state index contributed by atoms with van der Waals surface area (Å²) in [6.45, 7) is 20.3. The van der Waals surface area contributed by atoms with Gasteiger partial charge >= 0.3 is 332 Å². The van der Waals surface area contributed by atoms with Gasteiger partial charge in [0.05, 0.1) is 5.69 Å². The standard InChI is InChI=1S/C78H67N5O.Pt/c1-76(2,3)55-39-41-58(42-40-55)82-68-34-19-16-29-64(68)65-30-18-21-36-70(65)83(74-49-56(45-46-79-74)77(4,5)6)73-51-60(43-44-67(73)66-31-17-20-35-69(66)82)84-61-48-57(78(7,8)9)47-59(50-61)80-52-81(72-38-23-22-37-71(72)80)75-62(53-25-12-10-13-26-53)32-24-33-63(75)54-27-14-11-15-28-54;/h10-49H,1-9H3;/q-2;. The molecule has 13 rings (SSSR count). The van der Waals surface area contributed by atoms with Crippen molar-refractivity contribution in [2.45, 2.75) is 78.6 Å². The third-order valence-corrected chi connectivity index (χ3v) is 17.3. The Morgan fingerprint density at radius 3 is 1.45 bits per heavy atom. The molecule has 85 heavy (non-hydrogen) atoms. The van der Waals surface area contributed by atoms with Gasteiger partial charge in [0.2, 0.25) is 0 Å². The fourth-order valence-electron chi connectivity index (χ4n) is 11.8. The van der Waals surface area contributed by atoms with Gasteiger partial charge in [-0.2, -0.15) is 0 Å². The Labute approximate surface area is 511 Å². The summed E-state index contributed by atoms with van der Waals surface area (Å²) in [5.41, 5.74) is 20.8. The topological polar surface area (TPSA) is 38.5 Å². The van der Waals surface area contributed by atoms with Crippen LogP contribution in [0.2, 0.25) is 0 Å². The van der Waals surface area contributed by atoms with Crippen LogP contribution in [-0.2, 0) is 35.6 Å². The molecule has 12 aromatic rings. The zero-order chi connectivity index (χ0) is 58.8. The molecule has 7 heteroatoms. The Hall–Kier alpha value is -9.09. The maximum absolute atomic E-state index is 7.30. The van der Waals surface area contributed by atoms with Gasteiger partial charge in [-0.3, -0.25) is 0 Å². The first-order chi connectivity index (χ1) is 41.0. The van der Waals surface area contributed by atoms with Gasteiger partial charge in [0.15, 0.2) is 0 Å². The number of pyridine rings is 1. The second kappa shape index (κ2) is 21.8. The van der Waals surface area contributed by atoms with Crippen molar-refractivity contribution in [1.82, 2.24) is 14.1 Å². The van der Waals surface area contributed by atoms with Gasteiger partial charge in [-0.1, -0.05) is 102 Å². The Balaban J connectivity index is 1.03. The van der Waals surface area contributed by atoms with E-state index in [1.54, 1.807) is 0 Å². The predicted octanol–water partition coefficient (Wildman–Crippen LogP) is 21.1. The van der Waals surface area contributed by atoms with Gasteiger partial charge in [0.25, 0.3) is 0 Å². The van der Waals surface area contributed by atoms with Crippen LogP contribution in [0.15, 0.2) is 243 Å². The van der Waals surface area contributed by atoms with E-state index in [1.807, 2.05) is 6.20 Å². The van der Waals surface area contributed by atoms with Crippen LogP contribution in [-0.4, -0.2) is 14.1 Å². The van der Waals surface area contributed by atoms with Crippen molar-refractivity contribution in [3.63, 3.8) is 0 Å². The van der Waals surface area contributed by atoms with Crippen molar-refractivity contribution in [3.05, 3.63) is 275 Å². The number of aromatic nitrogens is 3. The van der Waals surface area contributed by atoms with E-state index in [0.717, 1.165) is 111 Å². The number of para-hydroxylation sites is 6. The molecule has 0 amide bonds. The average molecular weight is 1290 g/mol. The SMILES string of the molecule is CC(C)(C)c1ccc(N2c3ccccc3-c3ccc(Oc4[c-]c(-n5[c](=[Pt])n(-c6c(-c7ccccc7)cccc6-c6ccccc6)c6ccccc65)cc(C(C)(C)C)c4)[c-]c3N(c3cc(C(C)(C)C)ccn3)c3ccccc3-c3ccccc32)cc1. The molecule has 0 saturated carbocycles. The maximum atomic E-state index is 7.30. The second-order valence-electron chi connectivity index (χ2n) is 25.1. The molecule has 0 saturated heterocycles. The fourth-order valence-corrected chi connectivity index (χ4v) is 12.9. The zero-order valence-electron chi connectivity index (χ0n) is 49.6. The molecule has 10 aromatic carbocycles. The first kappa shape index (κ1) is 55.1. The van der Waals surface area contributed by atoms with Crippen molar-refractivity contribution in [2.24, 2.45) is 0 Å². The van der Waals surface area contributed by atoms with Crippen molar-refractivity contribution >= 4 is 45.3 Å². The number of hydrogen-bond donors (Lipinski definition) is 0. The van der Waals surface area contributed by atoms with Crippen LogP contribution < -0.4 is 14.5 Å². The molecule has 0 aliphatic carbocycles. The van der Waals surface area contributed by atoms with Crippen molar-refractivity contribution in [3.8, 4) is 67.4 Å². The number of rotatable bonds is 8. The molecule has 0 radical (unpaired) electrons. The molecular weight excluding hydrogens is 1220 g/mol. The minimum atomic E-state index is -0.261. The monoisotopic (exact) mass is 1280 g/mol. The molecular formula is C78H67N5OPt-2. The van der Waals surface area contributed by atoms with E-state index in [-0.39, 0.29) is 16.2 Å². The number of nitrogens with zero attached hydrogens (tertiary/aromatic N) is 5. The number of benzene rings is 10. The molecule has 0 unspecified atom stereocenters. The number of fused-ring (bicyclic) bond motifs is 7.